The van der Waals surface area contributed by atoms with Gasteiger partial charge >= 0.3 is 0 Å². The van der Waals surface area contributed by atoms with Gasteiger partial charge in [-0.05, 0) is 74.6 Å². The van der Waals surface area contributed by atoms with Crippen LogP contribution in [0.1, 0.15) is 53.8 Å². The molecule has 1 aliphatic rings. The number of amides is 3. The number of hydrogen-bond donors (Lipinski definition) is 2. The van der Waals surface area contributed by atoms with Gasteiger partial charge in [0.05, 0.1) is 0 Å². The Kier molecular flexibility index (Phi) is 8.14. The van der Waals surface area contributed by atoms with Gasteiger partial charge in [-0.25, -0.2) is 8.78 Å². The van der Waals surface area contributed by atoms with Gasteiger partial charge < -0.3 is 15.5 Å². The molecule has 3 rings (SSSR count). The van der Waals surface area contributed by atoms with Gasteiger partial charge in [-0.15, -0.1) is 0 Å². The predicted octanol–water partition coefficient (Wildman–Crippen LogP) is 3.53. The molecule has 3 amide bonds. The number of likely N-dealkylation sites (tertiary alicyclic amines) is 1. The molecule has 0 aromatic heterocycles. The van der Waals surface area contributed by atoms with Crippen LogP contribution >= 0.6 is 0 Å². The van der Waals surface area contributed by atoms with Crippen molar-refractivity contribution in [2.45, 2.75) is 45.2 Å². The third-order valence-electron chi connectivity index (χ3n) is 6.05. The normalized spacial score (nSPS) is 16.1. The Bertz CT molecular complexity index is 989. The van der Waals surface area contributed by atoms with Gasteiger partial charge in [-0.2, -0.15) is 0 Å². The second kappa shape index (κ2) is 11.0. The van der Waals surface area contributed by atoms with Crippen molar-refractivity contribution in [2.24, 2.45) is 5.92 Å². The molecule has 8 heteroatoms. The fraction of sp³-hybridized carbons (Fsp3) is 0.400. The summed E-state index contributed by atoms with van der Waals surface area (Å²) in [6.45, 7) is 4.61. The number of carbonyl (C=O) groups excluding carboxylic acids is 3. The standard InChI is InChI=1S/C25H29F2N3O3/c1-3-16(2)28-24(32)22(29-23(31)18-7-9-20(26)10-8-18)17-11-13-30(14-12-17)25(33)19-5-4-6-21(27)15-19/h4-10,15-17,22H,3,11-14H2,1-2H3,(H,28,32)(H,29,31)/t16-,22-/m0/s1. The molecule has 0 saturated carbocycles. The summed E-state index contributed by atoms with van der Waals surface area (Å²) in [6, 6.07) is 9.84. The molecule has 0 spiro atoms. The lowest BCUT2D eigenvalue weighted by atomic mass is 9.88. The lowest BCUT2D eigenvalue weighted by molar-refractivity contribution is -0.125. The van der Waals surface area contributed by atoms with Gasteiger partial charge in [0, 0.05) is 30.3 Å². The van der Waals surface area contributed by atoms with E-state index in [-0.39, 0.29) is 34.9 Å². The Morgan fingerprint density at radius 3 is 2.24 bits per heavy atom. The third kappa shape index (κ3) is 6.37. The van der Waals surface area contributed by atoms with Crippen LogP contribution in [0.5, 0.6) is 0 Å². The molecule has 2 aromatic carbocycles. The molecule has 1 heterocycles. The second-order valence-electron chi connectivity index (χ2n) is 8.42. The zero-order valence-electron chi connectivity index (χ0n) is 18.8. The van der Waals surface area contributed by atoms with E-state index in [1.54, 1.807) is 11.0 Å². The van der Waals surface area contributed by atoms with Crippen LogP contribution in [-0.2, 0) is 4.79 Å². The van der Waals surface area contributed by atoms with Crippen molar-refractivity contribution < 1.29 is 23.2 Å². The Balaban J connectivity index is 1.70. The Morgan fingerprint density at radius 2 is 1.64 bits per heavy atom. The lowest BCUT2D eigenvalue weighted by Crippen LogP contribution is -2.55. The van der Waals surface area contributed by atoms with Gasteiger partial charge in [0.15, 0.2) is 0 Å². The Morgan fingerprint density at radius 1 is 0.970 bits per heavy atom. The first-order valence-corrected chi connectivity index (χ1v) is 11.2. The Labute approximate surface area is 192 Å². The van der Waals surface area contributed by atoms with Crippen LogP contribution in [0.3, 0.4) is 0 Å². The van der Waals surface area contributed by atoms with Crippen LogP contribution in [0.2, 0.25) is 0 Å². The fourth-order valence-corrected chi connectivity index (χ4v) is 3.90. The number of carbonyl (C=O) groups is 3. The molecule has 0 aliphatic carbocycles. The molecule has 1 saturated heterocycles. The van der Waals surface area contributed by atoms with Crippen molar-refractivity contribution >= 4 is 17.7 Å². The van der Waals surface area contributed by atoms with Crippen LogP contribution in [0.25, 0.3) is 0 Å². The van der Waals surface area contributed by atoms with Crippen molar-refractivity contribution in [3.05, 3.63) is 71.3 Å². The molecule has 0 radical (unpaired) electrons. The molecule has 0 unspecified atom stereocenters. The van der Waals surface area contributed by atoms with Gasteiger partial charge in [-0.1, -0.05) is 13.0 Å². The summed E-state index contributed by atoms with van der Waals surface area (Å²) >= 11 is 0. The van der Waals surface area contributed by atoms with Gasteiger partial charge in [0.2, 0.25) is 5.91 Å². The zero-order chi connectivity index (χ0) is 24.0. The quantitative estimate of drug-likeness (QED) is 0.668. The van der Waals surface area contributed by atoms with Crippen molar-refractivity contribution in [3.63, 3.8) is 0 Å². The molecule has 176 valence electrons. The maximum absolute atomic E-state index is 13.5. The van der Waals surface area contributed by atoms with E-state index in [4.69, 9.17) is 0 Å². The van der Waals surface area contributed by atoms with E-state index in [0.29, 0.717) is 25.9 Å². The topological polar surface area (TPSA) is 78.5 Å². The minimum Gasteiger partial charge on any atom is -0.352 e. The summed E-state index contributed by atoms with van der Waals surface area (Å²) in [5.74, 6) is -2.11. The smallest absolute Gasteiger partial charge is 0.253 e. The van der Waals surface area contributed by atoms with Crippen LogP contribution in [-0.4, -0.2) is 47.8 Å². The molecule has 33 heavy (non-hydrogen) atoms. The van der Waals surface area contributed by atoms with Crippen molar-refractivity contribution in [1.82, 2.24) is 15.5 Å². The Hall–Kier alpha value is -3.29. The number of hydrogen-bond acceptors (Lipinski definition) is 3. The first-order valence-electron chi connectivity index (χ1n) is 11.2. The highest BCUT2D eigenvalue weighted by molar-refractivity contribution is 5.97. The molecule has 2 atom stereocenters. The first-order chi connectivity index (χ1) is 15.8. The van der Waals surface area contributed by atoms with Crippen LogP contribution in [0.15, 0.2) is 48.5 Å². The van der Waals surface area contributed by atoms with E-state index in [0.717, 1.165) is 6.42 Å². The fourth-order valence-electron chi connectivity index (χ4n) is 3.90. The largest absolute Gasteiger partial charge is 0.352 e. The number of nitrogens with one attached hydrogen (secondary N) is 2. The lowest BCUT2D eigenvalue weighted by Gasteiger charge is -2.36. The highest BCUT2D eigenvalue weighted by Crippen LogP contribution is 2.23. The summed E-state index contributed by atoms with van der Waals surface area (Å²) in [5, 5.41) is 5.73. The van der Waals surface area contributed by atoms with Gasteiger partial charge in [0.25, 0.3) is 11.8 Å². The van der Waals surface area contributed by atoms with E-state index in [1.807, 2.05) is 13.8 Å². The van der Waals surface area contributed by atoms with Crippen molar-refractivity contribution in [2.75, 3.05) is 13.1 Å². The van der Waals surface area contributed by atoms with E-state index in [2.05, 4.69) is 10.6 Å². The van der Waals surface area contributed by atoms with Gasteiger partial charge in [0.1, 0.15) is 17.7 Å². The summed E-state index contributed by atoms with van der Waals surface area (Å²) < 4.78 is 26.7. The maximum Gasteiger partial charge on any atom is 0.253 e. The average Bonchev–Trinajstić information content (AvgIpc) is 2.82. The number of piperidine rings is 1. The van der Waals surface area contributed by atoms with E-state index < -0.39 is 23.6 Å². The molecule has 1 aliphatic heterocycles. The summed E-state index contributed by atoms with van der Waals surface area (Å²) in [5.41, 5.74) is 0.542. The summed E-state index contributed by atoms with van der Waals surface area (Å²) in [6.07, 6.45) is 1.75. The molecule has 6 nitrogen and oxygen atoms in total. The highest BCUT2D eigenvalue weighted by atomic mass is 19.1. The van der Waals surface area contributed by atoms with Crippen LogP contribution < -0.4 is 10.6 Å². The minimum atomic E-state index is -0.789. The third-order valence-corrected chi connectivity index (χ3v) is 6.05. The predicted molar refractivity (Wildman–Crippen MR) is 121 cm³/mol. The number of benzene rings is 2. The van der Waals surface area contributed by atoms with Crippen molar-refractivity contribution in [1.29, 1.82) is 0 Å². The summed E-state index contributed by atoms with van der Waals surface area (Å²) in [7, 11) is 0. The first kappa shape index (κ1) is 24.4. The van der Waals surface area contributed by atoms with Crippen LogP contribution in [0.4, 0.5) is 8.78 Å². The van der Waals surface area contributed by atoms with Crippen LogP contribution in [0, 0.1) is 17.6 Å². The number of halogens is 2. The molecular weight excluding hydrogens is 428 g/mol. The second-order valence-corrected chi connectivity index (χ2v) is 8.42. The zero-order valence-corrected chi connectivity index (χ0v) is 18.8. The highest BCUT2D eigenvalue weighted by Gasteiger charge is 2.34. The van der Waals surface area contributed by atoms with Gasteiger partial charge in [-0.3, -0.25) is 14.4 Å². The van der Waals surface area contributed by atoms with Crippen molar-refractivity contribution in [3.8, 4) is 0 Å². The molecule has 0 bridgehead atoms. The van der Waals surface area contributed by atoms with E-state index in [9.17, 15) is 23.2 Å². The van der Waals surface area contributed by atoms with E-state index in [1.165, 1.54) is 42.5 Å². The molecule has 2 N–H and O–H groups in total. The summed E-state index contributed by atoms with van der Waals surface area (Å²) in [4.78, 5) is 40.1. The van der Waals surface area contributed by atoms with E-state index >= 15 is 0 Å². The molecule has 2 aromatic rings. The monoisotopic (exact) mass is 457 g/mol. The molecular formula is C25H29F2N3O3. The molecule has 1 fully saturated rings. The SMILES string of the molecule is CC[C@H](C)NC(=O)[C@@H](NC(=O)c1ccc(F)cc1)C1CCN(C(=O)c2cccc(F)c2)CC1. The average molecular weight is 458 g/mol. The number of rotatable bonds is 7. The minimum absolute atomic E-state index is 0.0580. The maximum atomic E-state index is 13.5. The number of nitrogens with zero attached hydrogens (tertiary/aromatic N) is 1.